The van der Waals surface area contributed by atoms with E-state index in [2.05, 4.69) is 19.9 Å². The maximum atomic E-state index is 10.8. The quantitative estimate of drug-likeness (QED) is 0.811. The number of hydrogen-bond donors (Lipinski definition) is 1. The van der Waals surface area contributed by atoms with Gasteiger partial charge in [-0.25, -0.2) is 0 Å². The van der Waals surface area contributed by atoms with E-state index in [-0.39, 0.29) is 6.10 Å². The van der Waals surface area contributed by atoms with Crippen LogP contribution in [-0.4, -0.2) is 11.2 Å². The molecule has 2 aliphatic rings. The molecule has 0 aliphatic heterocycles. The molecule has 0 aromatic rings. The van der Waals surface area contributed by atoms with Crippen molar-refractivity contribution in [3.63, 3.8) is 0 Å². The van der Waals surface area contributed by atoms with Crippen LogP contribution in [0.5, 0.6) is 0 Å². The van der Waals surface area contributed by atoms with Crippen molar-refractivity contribution in [1.82, 2.24) is 0 Å². The van der Waals surface area contributed by atoms with Gasteiger partial charge in [-0.2, -0.15) is 5.26 Å². The number of hydrogen-bond acceptors (Lipinski definition) is 2. The lowest BCUT2D eigenvalue weighted by atomic mass is 9.63. The minimum atomic E-state index is -0.435. The summed E-state index contributed by atoms with van der Waals surface area (Å²) < 4.78 is 0. The number of nitrogens with zero attached hydrogens (tertiary/aromatic N) is 1. The molecule has 2 heteroatoms. The fourth-order valence-electron chi connectivity index (χ4n) is 4.42. The van der Waals surface area contributed by atoms with Crippen molar-refractivity contribution in [2.24, 2.45) is 23.2 Å². The molecule has 0 bridgehead atoms. The monoisotopic (exact) mass is 277 g/mol. The van der Waals surface area contributed by atoms with E-state index in [0.717, 1.165) is 50.4 Å². The van der Waals surface area contributed by atoms with Crippen molar-refractivity contribution in [3.8, 4) is 6.07 Å². The molecule has 0 aromatic heterocycles. The molecule has 114 valence electrons. The Kier molecular flexibility index (Phi) is 5.49. The highest BCUT2D eigenvalue weighted by atomic mass is 16.3. The summed E-state index contributed by atoms with van der Waals surface area (Å²) in [5, 5.41) is 20.5. The van der Waals surface area contributed by atoms with Crippen LogP contribution in [0.4, 0.5) is 0 Å². The van der Waals surface area contributed by atoms with Crippen LogP contribution in [0, 0.1) is 34.5 Å². The van der Waals surface area contributed by atoms with Gasteiger partial charge in [0.25, 0.3) is 0 Å². The Morgan fingerprint density at radius 2 is 1.75 bits per heavy atom. The first-order valence-electron chi connectivity index (χ1n) is 8.70. The van der Waals surface area contributed by atoms with Gasteiger partial charge in [-0.05, 0) is 56.3 Å². The number of rotatable bonds is 4. The van der Waals surface area contributed by atoms with Crippen LogP contribution in [0.25, 0.3) is 0 Å². The van der Waals surface area contributed by atoms with Crippen molar-refractivity contribution in [2.75, 3.05) is 0 Å². The van der Waals surface area contributed by atoms with Gasteiger partial charge in [-0.1, -0.05) is 39.5 Å². The zero-order valence-electron chi connectivity index (χ0n) is 13.3. The van der Waals surface area contributed by atoms with Gasteiger partial charge >= 0.3 is 0 Å². The molecule has 2 nitrogen and oxygen atoms in total. The maximum absolute atomic E-state index is 10.8. The van der Waals surface area contributed by atoms with E-state index in [1.807, 2.05) is 0 Å². The minimum absolute atomic E-state index is 0.369. The predicted octanol–water partition coefficient (Wildman–Crippen LogP) is 4.67. The van der Waals surface area contributed by atoms with Crippen molar-refractivity contribution in [2.45, 2.75) is 84.2 Å². The summed E-state index contributed by atoms with van der Waals surface area (Å²) in [4.78, 5) is 0. The third kappa shape index (κ3) is 3.37. The molecule has 0 aromatic carbocycles. The second-order valence-corrected chi connectivity index (χ2v) is 7.46. The highest BCUT2D eigenvalue weighted by Crippen LogP contribution is 2.47. The van der Waals surface area contributed by atoms with Crippen LogP contribution in [0.1, 0.15) is 78.1 Å². The third-order valence-electron chi connectivity index (χ3n) is 5.99. The van der Waals surface area contributed by atoms with Crippen LogP contribution in [0.2, 0.25) is 0 Å². The van der Waals surface area contributed by atoms with E-state index < -0.39 is 5.41 Å². The lowest BCUT2D eigenvalue weighted by Crippen LogP contribution is -2.43. The van der Waals surface area contributed by atoms with Crippen molar-refractivity contribution in [3.05, 3.63) is 0 Å². The highest BCUT2D eigenvalue weighted by Gasteiger charge is 2.45. The topological polar surface area (TPSA) is 44.0 Å². The lowest BCUT2D eigenvalue weighted by Gasteiger charge is -2.43. The molecule has 2 fully saturated rings. The van der Waals surface area contributed by atoms with Gasteiger partial charge in [0.05, 0.1) is 17.6 Å². The largest absolute Gasteiger partial charge is 0.391 e. The molecule has 20 heavy (non-hydrogen) atoms. The molecule has 0 spiro atoms. The Balaban J connectivity index is 1.96. The average molecular weight is 277 g/mol. The van der Waals surface area contributed by atoms with Gasteiger partial charge in [-0.15, -0.1) is 0 Å². The first-order chi connectivity index (χ1) is 9.61. The summed E-state index contributed by atoms with van der Waals surface area (Å²) in [5.41, 5.74) is -0.435. The number of nitriles is 1. The molecular weight excluding hydrogens is 246 g/mol. The molecular formula is C18H31NO. The summed E-state index contributed by atoms with van der Waals surface area (Å²) in [6.45, 7) is 4.54. The van der Waals surface area contributed by atoms with Gasteiger partial charge in [0, 0.05) is 0 Å². The average Bonchev–Trinajstić information content (AvgIpc) is 2.49. The Bertz CT molecular complexity index is 330. The third-order valence-corrected chi connectivity index (χ3v) is 5.99. The number of aliphatic hydroxyl groups excluding tert-OH is 1. The second kappa shape index (κ2) is 6.94. The Morgan fingerprint density at radius 1 is 1.15 bits per heavy atom. The Labute approximate surface area is 124 Å². The molecule has 2 aliphatic carbocycles. The van der Waals surface area contributed by atoms with E-state index in [1.54, 1.807) is 0 Å². The summed E-state index contributed by atoms with van der Waals surface area (Å²) in [6, 6.07) is 2.54. The van der Waals surface area contributed by atoms with E-state index in [1.165, 1.54) is 25.7 Å². The van der Waals surface area contributed by atoms with E-state index in [0.29, 0.717) is 5.92 Å². The van der Waals surface area contributed by atoms with Gasteiger partial charge in [0.15, 0.2) is 0 Å². The smallest absolute Gasteiger partial charge is 0.0835 e. The molecule has 2 saturated carbocycles. The predicted molar refractivity (Wildman–Crippen MR) is 82.0 cm³/mol. The standard InChI is InChI=1S/C18H31NO/c1-3-4-15-9-11-18(13-19,12-10-15)17(20)16-7-5-14(2)6-8-16/h14-17,20H,3-12H2,1-2H3. The zero-order chi connectivity index (χ0) is 14.6. The van der Waals surface area contributed by atoms with Crippen LogP contribution in [0.3, 0.4) is 0 Å². The Morgan fingerprint density at radius 3 is 2.25 bits per heavy atom. The summed E-state index contributed by atoms with van der Waals surface area (Å²) >= 11 is 0. The van der Waals surface area contributed by atoms with Gasteiger partial charge < -0.3 is 5.11 Å². The summed E-state index contributed by atoms with van der Waals surface area (Å²) in [7, 11) is 0. The normalized spacial score (nSPS) is 40.0. The van der Waals surface area contributed by atoms with Crippen LogP contribution < -0.4 is 0 Å². The van der Waals surface area contributed by atoms with Gasteiger partial charge in [-0.3, -0.25) is 0 Å². The van der Waals surface area contributed by atoms with Crippen LogP contribution in [-0.2, 0) is 0 Å². The van der Waals surface area contributed by atoms with E-state index >= 15 is 0 Å². The maximum Gasteiger partial charge on any atom is 0.0835 e. The van der Waals surface area contributed by atoms with Crippen molar-refractivity contribution in [1.29, 1.82) is 5.26 Å². The Hall–Kier alpha value is -0.550. The first-order valence-corrected chi connectivity index (χ1v) is 8.70. The van der Waals surface area contributed by atoms with Crippen LogP contribution in [0.15, 0.2) is 0 Å². The molecule has 0 heterocycles. The summed E-state index contributed by atoms with van der Waals surface area (Å²) in [5.74, 6) is 1.96. The second-order valence-electron chi connectivity index (χ2n) is 7.46. The van der Waals surface area contributed by atoms with Crippen molar-refractivity contribution >= 4 is 0 Å². The molecule has 0 saturated heterocycles. The van der Waals surface area contributed by atoms with Crippen LogP contribution >= 0.6 is 0 Å². The van der Waals surface area contributed by atoms with E-state index in [9.17, 15) is 10.4 Å². The molecule has 1 N–H and O–H groups in total. The SMILES string of the molecule is CCCC1CCC(C#N)(C(O)C2CCC(C)CC2)CC1. The lowest BCUT2D eigenvalue weighted by molar-refractivity contribution is -0.0302. The number of aliphatic hydroxyl groups is 1. The molecule has 0 amide bonds. The first kappa shape index (κ1) is 15.8. The fraction of sp³-hybridized carbons (Fsp3) is 0.944. The molecule has 0 radical (unpaired) electrons. The zero-order valence-corrected chi connectivity index (χ0v) is 13.3. The van der Waals surface area contributed by atoms with Gasteiger partial charge in [0.1, 0.15) is 0 Å². The molecule has 1 atom stereocenters. The molecule has 1 unspecified atom stereocenters. The van der Waals surface area contributed by atoms with Crippen molar-refractivity contribution < 1.29 is 5.11 Å². The van der Waals surface area contributed by atoms with Gasteiger partial charge in [0.2, 0.25) is 0 Å². The van der Waals surface area contributed by atoms with E-state index in [4.69, 9.17) is 0 Å². The fourth-order valence-corrected chi connectivity index (χ4v) is 4.42. The molecule has 2 rings (SSSR count). The minimum Gasteiger partial charge on any atom is -0.391 e. The summed E-state index contributed by atoms with van der Waals surface area (Å²) in [6.07, 6.45) is 10.9. The highest BCUT2D eigenvalue weighted by molar-refractivity contribution is 5.07.